The monoisotopic (exact) mass is 390 g/mol. The van der Waals surface area contributed by atoms with E-state index in [9.17, 15) is 4.79 Å². The highest BCUT2D eigenvalue weighted by Crippen LogP contribution is 2.65. The second-order valence-electron chi connectivity index (χ2n) is 9.21. The second kappa shape index (κ2) is 6.23. The first-order valence-corrected chi connectivity index (χ1v) is 10.2. The van der Waals surface area contributed by atoms with Gasteiger partial charge in [-0.2, -0.15) is 0 Å². The zero-order valence-electron chi connectivity index (χ0n) is 17.0. The fourth-order valence-electron chi connectivity index (χ4n) is 5.83. The molecule has 0 aromatic heterocycles. The highest BCUT2D eigenvalue weighted by Gasteiger charge is 2.67. The molecule has 3 unspecified atom stereocenters. The summed E-state index contributed by atoms with van der Waals surface area (Å²) >= 11 is 6.39. The Morgan fingerprint density at radius 1 is 1.37 bits per heavy atom. The van der Waals surface area contributed by atoms with E-state index < -0.39 is 0 Å². The van der Waals surface area contributed by atoms with Crippen LogP contribution < -0.4 is 4.74 Å². The van der Waals surface area contributed by atoms with Gasteiger partial charge in [-0.25, -0.2) is 0 Å². The first-order chi connectivity index (χ1) is 12.6. The van der Waals surface area contributed by atoms with E-state index in [0.717, 1.165) is 23.5 Å². The van der Waals surface area contributed by atoms with E-state index in [-0.39, 0.29) is 24.6 Å². The van der Waals surface area contributed by atoms with E-state index in [0.29, 0.717) is 34.0 Å². The van der Waals surface area contributed by atoms with E-state index in [2.05, 4.69) is 20.8 Å². The van der Waals surface area contributed by atoms with Crippen LogP contribution in [0.5, 0.6) is 5.75 Å². The number of carbonyl (C=O) groups excluding carboxylic acids is 1. The molecule has 4 fully saturated rings. The molecule has 2 bridgehead atoms. The van der Waals surface area contributed by atoms with Crippen LogP contribution in [0.25, 0.3) is 0 Å². The number of rotatable bonds is 4. The van der Waals surface area contributed by atoms with Crippen LogP contribution >= 0.6 is 11.6 Å². The largest absolute Gasteiger partial charge is 0.494 e. The Bertz CT molecular complexity index is 808. The molecule has 1 aromatic carbocycles. The van der Waals surface area contributed by atoms with Crippen molar-refractivity contribution in [2.75, 3.05) is 7.11 Å². The Labute approximate surface area is 167 Å². The van der Waals surface area contributed by atoms with E-state index in [4.69, 9.17) is 25.6 Å². The van der Waals surface area contributed by atoms with Gasteiger partial charge in [0.2, 0.25) is 0 Å². The lowest BCUT2D eigenvalue weighted by atomic mass is 9.43. The predicted octanol–water partition coefficient (Wildman–Crippen LogP) is 4.67. The Balaban J connectivity index is 1.61. The molecule has 0 amide bonds. The maximum absolute atomic E-state index is 12.2. The number of carbonyl (C=O) groups is 1. The van der Waals surface area contributed by atoms with Gasteiger partial charge in [0.05, 0.1) is 29.4 Å². The molecule has 4 aliphatic rings. The molecule has 1 aromatic rings. The van der Waals surface area contributed by atoms with Gasteiger partial charge >= 0.3 is 7.12 Å². The topological polar surface area (TPSA) is 44.8 Å². The van der Waals surface area contributed by atoms with Crippen molar-refractivity contribution in [2.45, 2.75) is 65.5 Å². The molecule has 0 radical (unpaired) electrons. The minimum Gasteiger partial charge on any atom is -0.494 e. The zero-order valence-corrected chi connectivity index (χ0v) is 17.8. The van der Waals surface area contributed by atoms with Crippen LogP contribution in [0.1, 0.15) is 62.0 Å². The number of hydrogen-bond donors (Lipinski definition) is 0. The average molecular weight is 391 g/mol. The molecule has 4 atom stereocenters. The average Bonchev–Trinajstić information content (AvgIpc) is 2.92. The third-order valence-electron chi connectivity index (χ3n) is 7.55. The maximum atomic E-state index is 12.2. The number of ketones is 1. The Kier molecular flexibility index (Phi) is 4.45. The normalized spacial score (nSPS) is 33.4. The summed E-state index contributed by atoms with van der Waals surface area (Å²) in [6.45, 7) is 10.4. The minimum absolute atomic E-state index is 0.0513. The second-order valence-corrected chi connectivity index (χ2v) is 9.62. The van der Waals surface area contributed by atoms with Crippen LogP contribution in [0, 0.1) is 24.2 Å². The van der Waals surface area contributed by atoms with Crippen molar-refractivity contribution < 1.29 is 18.8 Å². The number of halogens is 1. The number of ether oxygens (including phenoxy) is 1. The fourth-order valence-corrected chi connectivity index (χ4v) is 6.13. The molecule has 0 N–H and O–H groups in total. The van der Waals surface area contributed by atoms with Gasteiger partial charge in [0.15, 0.2) is 5.78 Å². The van der Waals surface area contributed by atoms with Crippen LogP contribution in [-0.2, 0) is 15.6 Å². The summed E-state index contributed by atoms with van der Waals surface area (Å²) in [4.78, 5) is 12.2. The smallest absolute Gasteiger partial charge is 0.462 e. The Morgan fingerprint density at radius 3 is 2.67 bits per heavy atom. The number of hydrogen-bond acceptors (Lipinski definition) is 4. The molecule has 3 aliphatic carbocycles. The number of Topliss-reactive ketones (excluding diaryl/α,β-unsaturated/α-hetero) is 1. The highest BCUT2D eigenvalue weighted by atomic mass is 35.5. The van der Waals surface area contributed by atoms with Gasteiger partial charge in [0, 0.05) is 6.32 Å². The molecule has 5 rings (SSSR count). The summed E-state index contributed by atoms with van der Waals surface area (Å²) in [5, 5.41) is 0.452. The molecule has 3 saturated carbocycles. The van der Waals surface area contributed by atoms with Crippen molar-refractivity contribution in [3.63, 3.8) is 0 Å². The van der Waals surface area contributed by atoms with E-state index in [1.54, 1.807) is 6.92 Å². The summed E-state index contributed by atoms with van der Waals surface area (Å²) in [5.41, 5.74) is 2.51. The van der Waals surface area contributed by atoms with E-state index in [1.807, 2.05) is 13.0 Å². The molecule has 1 heterocycles. The number of benzene rings is 1. The van der Waals surface area contributed by atoms with Crippen LogP contribution in [0.4, 0.5) is 0 Å². The van der Waals surface area contributed by atoms with Crippen molar-refractivity contribution in [3.05, 3.63) is 27.8 Å². The van der Waals surface area contributed by atoms with Crippen molar-refractivity contribution in [3.8, 4) is 5.75 Å². The molecule has 1 aliphatic heterocycles. The lowest BCUT2D eigenvalue weighted by molar-refractivity contribution is -0.199. The first-order valence-electron chi connectivity index (χ1n) is 9.79. The van der Waals surface area contributed by atoms with Gasteiger partial charge in [-0.05, 0) is 68.1 Å². The molecule has 27 heavy (non-hydrogen) atoms. The van der Waals surface area contributed by atoms with Crippen LogP contribution in [0.2, 0.25) is 5.02 Å². The Hall–Kier alpha value is -1.04. The summed E-state index contributed by atoms with van der Waals surface area (Å²) in [7, 11) is 1.23. The van der Waals surface area contributed by atoms with Gasteiger partial charge in [0.1, 0.15) is 5.75 Å². The lowest BCUT2D eigenvalue weighted by Gasteiger charge is -2.64. The van der Waals surface area contributed by atoms with Gasteiger partial charge in [0.25, 0.3) is 0 Å². The number of methoxy groups -OCH3 is 1. The van der Waals surface area contributed by atoms with Gasteiger partial charge in [-0.15, -0.1) is 0 Å². The summed E-state index contributed by atoms with van der Waals surface area (Å²) < 4.78 is 18.2. The van der Waals surface area contributed by atoms with Gasteiger partial charge in [-0.3, -0.25) is 4.79 Å². The Morgan fingerprint density at radius 2 is 2.07 bits per heavy atom. The van der Waals surface area contributed by atoms with Crippen LogP contribution in [-0.4, -0.2) is 31.7 Å². The van der Waals surface area contributed by atoms with Crippen molar-refractivity contribution in [1.29, 1.82) is 0 Å². The molecular weight excluding hydrogens is 362 g/mol. The van der Waals surface area contributed by atoms with Gasteiger partial charge in [-0.1, -0.05) is 25.4 Å². The molecule has 6 heteroatoms. The van der Waals surface area contributed by atoms with E-state index in [1.165, 1.54) is 13.5 Å². The zero-order chi connectivity index (χ0) is 19.7. The predicted molar refractivity (Wildman–Crippen MR) is 107 cm³/mol. The summed E-state index contributed by atoms with van der Waals surface area (Å²) in [6.07, 6.45) is 3.04. The fraction of sp³-hybridized carbons (Fsp3) is 0.667. The van der Waals surface area contributed by atoms with Crippen molar-refractivity contribution in [2.24, 2.45) is 17.3 Å². The third kappa shape index (κ3) is 2.69. The van der Waals surface area contributed by atoms with Crippen LogP contribution in [0.3, 0.4) is 0 Å². The molecule has 146 valence electrons. The van der Waals surface area contributed by atoms with Crippen LogP contribution in [0.15, 0.2) is 6.07 Å². The minimum atomic E-state index is -0.307. The quantitative estimate of drug-likeness (QED) is 0.553. The van der Waals surface area contributed by atoms with Gasteiger partial charge < -0.3 is 14.0 Å². The third-order valence-corrected chi connectivity index (χ3v) is 7.83. The van der Waals surface area contributed by atoms with Crippen molar-refractivity contribution >= 4 is 24.5 Å². The summed E-state index contributed by atoms with van der Waals surface area (Å²) in [5.74, 6) is 1.66. The standard InChI is InChI=1S/C21H28BClO4/c1-11-13(7-15(23)19(25-6)18(11)12(2)24)10-22-26-17-9-14-8-16(20(14,3)4)21(17,5)27-22/h7,14,16-17H,8-10H2,1-6H3/t14?,16?,17?,21-/m0/s1. The molecular formula is C21H28BClO4. The van der Waals surface area contributed by atoms with Crippen molar-refractivity contribution in [1.82, 2.24) is 0 Å². The highest BCUT2D eigenvalue weighted by molar-refractivity contribution is 6.45. The SMILES string of the molecule is COc1c(Cl)cc(CB2OC3CC4CC(C4(C)C)[C@]3(C)O2)c(C)c1C(C)=O. The molecule has 0 spiro atoms. The maximum Gasteiger partial charge on any atom is 0.462 e. The molecule has 4 nitrogen and oxygen atoms in total. The summed E-state index contributed by atoms with van der Waals surface area (Å²) in [6, 6.07) is 1.88. The lowest BCUT2D eigenvalue weighted by Crippen LogP contribution is -2.65. The van der Waals surface area contributed by atoms with E-state index >= 15 is 0 Å². The molecule has 1 saturated heterocycles. The first kappa shape index (κ1) is 19.3.